The highest BCUT2D eigenvalue weighted by Crippen LogP contribution is 2.30. The molecular formula is C24H37NO3Si. The molecule has 4 nitrogen and oxygen atoms in total. The van der Waals surface area contributed by atoms with Crippen LogP contribution in [0.25, 0.3) is 11.3 Å². The Bertz CT molecular complexity index is 791. The van der Waals surface area contributed by atoms with E-state index in [4.69, 9.17) is 9.47 Å². The summed E-state index contributed by atoms with van der Waals surface area (Å²) < 4.78 is 12.9. The summed E-state index contributed by atoms with van der Waals surface area (Å²) in [4.78, 5) is 13.1. The Labute approximate surface area is 177 Å². The summed E-state index contributed by atoms with van der Waals surface area (Å²) in [5, 5.41) is 1.36. The number of benzene rings is 1. The summed E-state index contributed by atoms with van der Waals surface area (Å²) in [6.45, 7) is 11.9. The van der Waals surface area contributed by atoms with E-state index in [0.29, 0.717) is 13.2 Å². The van der Waals surface area contributed by atoms with E-state index in [1.54, 1.807) is 11.7 Å². The van der Waals surface area contributed by atoms with E-state index in [1.807, 2.05) is 25.1 Å². The first kappa shape index (κ1) is 23.4. The molecule has 0 amide bonds. The van der Waals surface area contributed by atoms with Crippen molar-refractivity contribution in [2.24, 2.45) is 0 Å². The lowest BCUT2D eigenvalue weighted by atomic mass is 10.1. The highest BCUT2D eigenvalue weighted by atomic mass is 28.3. The number of ether oxygens (including phenoxy) is 2. The van der Waals surface area contributed by atoms with Gasteiger partial charge in [-0.05, 0) is 36.1 Å². The molecule has 0 atom stereocenters. The minimum Gasteiger partial charge on any atom is -0.449 e. The maximum Gasteiger partial charge on any atom is 0.418 e. The number of hydrogen-bond acceptors (Lipinski definition) is 3. The second-order valence-corrected chi connectivity index (χ2v) is 13.5. The lowest BCUT2D eigenvalue weighted by Crippen LogP contribution is -2.41. The van der Waals surface area contributed by atoms with Gasteiger partial charge in [0, 0.05) is 7.11 Å². The van der Waals surface area contributed by atoms with Crippen molar-refractivity contribution < 1.29 is 14.3 Å². The van der Waals surface area contributed by atoms with Crippen LogP contribution in [0.15, 0.2) is 30.3 Å². The number of methoxy groups -OCH3 is 1. The highest BCUT2D eigenvalue weighted by Gasteiger charge is 2.33. The Morgan fingerprint density at radius 2 is 1.72 bits per heavy atom. The van der Waals surface area contributed by atoms with Crippen LogP contribution in [-0.2, 0) is 22.5 Å². The van der Waals surface area contributed by atoms with Crippen molar-refractivity contribution in [3.8, 4) is 11.3 Å². The molecular weight excluding hydrogens is 378 g/mol. The van der Waals surface area contributed by atoms with Crippen LogP contribution in [-0.4, -0.2) is 32.5 Å². The minimum atomic E-state index is -1.77. The van der Waals surface area contributed by atoms with Crippen molar-refractivity contribution in [2.45, 2.75) is 72.2 Å². The van der Waals surface area contributed by atoms with Gasteiger partial charge in [0.15, 0.2) is 0 Å². The van der Waals surface area contributed by atoms with Gasteiger partial charge in [-0.2, -0.15) is 0 Å². The average Bonchev–Trinajstić information content (AvgIpc) is 3.01. The van der Waals surface area contributed by atoms with E-state index in [1.165, 1.54) is 30.0 Å². The monoisotopic (exact) mass is 415 g/mol. The first-order chi connectivity index (χ1) is 13.9. The molecule has 2 rings (SSSR count). The highest BCUT2D eigenvalue weighted by molar-refractivity contribution is 6.90. The van der Waals surface area contributed by atoms with Crippen LogP contribution in [0.4, 0.5) is 4.79 Å². The second kappa shape index (κ2) is 10.8. The number of carbonyl (C=O) groups excluding carboxylic acids is 1. The van der Waals surface area contributed by atoms with Crippen molar-refractivity contribution in [1.29, 1.82) is 0 Å². The molecule has 0 bridgehead atoms. The molecule has 0 fully saturated rings. The SMILES string of the molecule is CCCCCCc1c([Si](C)(C)C)c(-c2ccccc2)n(C(=O)OCC)c1COC. The van der Waals surface area contributed by atoms with Gasteiger partial charge in [-0.1, -0.05) is 76.2 Å². The maximum atomic E-state index is 13.1. The summed E-state index contributed by atoms with van der Waals surface area (Å²) in [6.07, 6.45) is 5.46. The van der Waals surface area contributed by atoms with E-state index < -0.39 is 8.07 Å². The quantitative estimate of drug-likeness (QED) is 0.354. The predicted octanol–water partition coefficient (Wildman–Crippen LogP) is 5.97. The topological polar surface area (TPSA) is 40.5 Å². The molecule has 29 heavy (non-hydrogen) atoms. The molecule has 5 heteroatoms. The molecule has 0 aliphatic carbocycles. The third-order valence-corrected chi connectivity index (χ3v) is 7.23. The zero-order valence-electron chi connectivity index (χ0n) is 19.0. The average molecular weight is 416 g/mol. The standard InChI is InChI=1S/C24H37NO3Si/c1-7-9-10-14-17-20-21(18-27-3)25(24(26)28-8-2)22(23(20)29(4,5)6)19-15-12-11-13-16-19/h11-13,15-16H,7-10,14,17-18H2,1-6H3. The summed E-state index contributed by atoms with van der Waals surface area (Å²) in [5.41, 5.74) is 4.32. The minimum absolute atomic E-state index is 0.308. The van der Waals surface area contributed by atoms with Gasteiger partial charge in [-0.3, -0.25) is 0 Å². The molecule has 1 aromatic heterocycles. The van der Waals surface area contributed by atoms with Crippen molar-refractivity contribution in [1.82, 2.24) is 4.57 Å². The zero-order valence-corrected chi connectivity index (χ0v) is 20.0. The van der Waals surface area contributed by atoms with Gasteiger partial charge in [0.2, 0.25) is 0 Å². The number of rotatable bonds is 10. The van der Waals surface area contributed by atoms with Crippen LogP contribution >= 0.6 is 0 Å². The van der Waals surface area contributed by atoms with Crippen LogP contribution in [0, 0.1) is 0 Å². The summed E-state index contributed by atoms with van der Waals surface area (Å²) in [6, 6.07) is 10.3. The van der Waals surface area contributed by atoms with Crippen molar-refractivity contribution in [2.75, 3.05) is 13.7 Å². The molecule has 0 aliphatic rings. The van der Waals surface area contributed by atoms with Gasteiger partial charge >= 0.3 is 6.09 Å². The summed E-state index contributed by atoms with van der Waals surface area (Å²) in [7, 11) is -0.0721. The van der Waals surface area contributed by atoms with Gasteiger partial charge in [0.1, 0.15) is 0 Å². The fourth-order valence-electron chi connectivity index (χ4n) is 4.02. The molecule has 0 radical (unpaired) electrons. The smallest absolute Gasteiger partial charge is 0.418 e. The fourth-order valence-corrected chi connectivity index (χ4v) is 6.16. The van der Waals surface area contributed by atoms with Crippen LogP contribution in [0.1, 0.15) is 50.8 Å². The molecule has 0 saturated carbocycles. The van der Waals surface area contributed by atoms with Crippen molar-refractivity contribution in [3.05, 3.63) is 41.6 Å². The lowest BCUT2D eigenvalue weighted by Gasteiger charge is -2.21. The molecule has 0 unspecified atom stereocenters. The Hall–Kier alpha value is -1.85. The Balaban J connectivity index is 2.77. The normalized spacial score (nSPS) is 11.7. The van der Waals surface area contributed by atoms with Crippen LogP contribution in [0.3, 0.4) is 0 Å². The molecule has 0 spiro atoms. The molecule has 1 heterocycles. The predicted molar refractivity (Wildman–Crippen MR) is 124 cm³/mol. The van der Waals surface area contributed by atoms with Gasteiger partial charge < -0.3 is 9.47 Å². The number of unbranched alkanes of at least 4 members (excludes halogenated alkanes) is 3. The summed E-state index contributed by atoms with van der Waals surface area (Å²) >= 11 is 0. The maximum absolute atomic E-state index is 13.1. The van der Waals surface area contributed by atoms with Crippen LogP contribution in [0.2, 0.25) is 19.6 Å². The fraction of sp³-hybridized carbons (Fsp3) is 0.542. The van der Waals surface area contributed by atoms with E-state index in [0.717, 1.165) is 29.8 Å². The number of nitrogens with zero attached hydrogens (tertiary/aromatic N) is 1. The van der Waals surface area contributed by atoms with E-state index in [9.17, 15) is 4.79 Å². The molecule has 0 N–H and O–H groups in total. The Morgan fingerprint density at radius 1 is 1.03 bits per heavy atom. The van der Waals surface area contributed by atoms with Gasteiger partial charge in [0.05, 0.1) is 32.7 Å². The van der Waals surface area contributed by atoms with Crippen molar-refractivity contribution >= 4 is 19.4 Å². The van der Waals surface area contributed by atoms with E-state index in [2.05, 4.69) is 38.7 Å². The molecule has 160 valence electrons. The molecule has 2 aromatic rings. The third-order valence-electron chi connectivity index (χ3n) is 5.19. The van der Waals surface area contributed by atoms with E-state index >= 15 is 0 Å². The largest absolute Gasteiger partial charge is 0.449 e. The van der Waals surface area contributed by atoms with Gasteiger partial charge in [-0.25, -0.2) is 9.36 Å². The third kappa shape index (κ3) is 5.61. The van der Waals surface area contributed by atoms with Gasteiger partial charge in [0.25, 0.3) is 0 Å². The van der Waals surface area contributed by atoms with Crippen molar-refractivity contribution in [3.63, 3.8) is 0 Å². The second-order valence-electron chi connectivity index (χ2n) is 8.54. The number of carbonyl (C=O) groups is 1. The first-order valence-electron chi connectivity index (χ1n) is 10.8. The van der Waals surface area contributed by atoms with Crippen LogP contribution < -0.4 is 5.19 Å². The molecule has 1 aromatic carbocycles. The Morgan fingerprint density at radius 3 is 2.28 bits per heavy atom. The Kier molecular flexibility index (Phi) is 8.72. The number of aromatic nitrogens is 1. The first-order valence-corrected chi connectivity index (χ1v) is 14.3. The lowest BCUT2D eigenvalue weighted by molar-refractivity contribution is 0.146. The van der Waals surface area contributed by atoms with Crippen LogP contribution in [0.5, 0.6) is 0 Å². The summed E-state index contributed by atoms with van der Waals surface area (Å²) in [5.74, 6) is 0. The molecule has 0 aliphatic heterocycles. The number of hydrogen-bond donors (Lipinski definition) is 0. The van der Waals surface area contributed by atoms with Gasteiger partial charge in [-0.15, -0.1) is 0 Å². The molecule has 0 saturated heterocycles. The zero-order chi connectivity index (χ0) is 21.4. The van der Waals surface area contributed by atoms with E-state index in [-0.39, 0.29) is 6.09 Å².